The highest BCUT2D eigenvalue weighted by molar-refractivity contribution is 6.33. The van der Waals surface area contributed by atoms with Gasteiger partial charge in [-0.1, -0.05) is 0 Å². The van der Waals surface area contributed by atoms with Crippen LogP contribution in [0.15, 0.2) is 59.1 Å². The fourth-order valence-corrected chi connectivity index (χ4v) is 4.69. The van der Waals surface area contributed by atoms with Gasteiger partial charge in [0.1, 0.15) is 51.6 Å². The van der Waals surface area contributed by atoms with Crippen LogP contribution in [-0.4, -0.2) is 69.8 Å². The summed E-state index contributed by atoms with van der Waals surface area (Å²) in [5.74, 6) is 5.15. The molecule has 0 saturated carbocycles. The zero-order chi connectivity index (χ0) is 28.3. The standard InChI is InChI=1S/C30H33O9/c1-31-16-10-19(34-4)25(20(11-16)35-5)28-29(26-21(36-6)12-17(32-2)13-22(26)37-7)30(28)27-23(38-8)14-18(33-3)15-24(27)39-9/h10-15H,1-9H3/q+1. The molecule has 0 saturated heterocycles. The Kier molecular flexibility index (Phi) is 8.09. The Bertz CT molecular complexity index is 1310. The predicted octanol–water partition coefficient (Wildman–Crippen LogP) is 4.77. The summed E-state index contributed by atoms with van der Waals surface area (Å²) < 4.78 is 51.4. The number of carbonyl (C=O) groups excluding carboxylic acids is 1. The highest BCUT2D eigenvalue weighted by atomic mass is 16.5. The molecule has 0 amide bonds. The minimum Gasteiger partial charge on any atom is -0.496 e. The minimum atomic E-state index is 0.562. The second-order valence-electron chi connectivity index (χ2n) is 8.35. The van der Waals surface area contributed by atoms with E-state index >= 15 is 0 Å². The van der Waals surface area contributed by atoms with Crippen molar-refractivity contribution in [2.24, 2.45) is 0 Å². The van der Waals surface area contributed by atoms with Gasteiger partial charge < -0.3 is 37.9 Å². The van der Waals surface area contributed by atoms with E-state index < -0.39 is 0 Å². The highest BCUT2D eigenvalue weighted by Crippen LogP contribution is 2.63. The maximum absolute atomic E-state index is 5.83. The number of rotatable bonds is 10. The first-order valence-electron chi connectivity index (χ1n) is 12.0. The van der Waals surface area contributed by atoms with Crippen LogP contribution >= 0.6 is 0 Å². The lowest BCUT2D eigenvalue weighted by molar-refractivity contribution is -0.418. The van der Waals surface area contributed by atoms with Crippen LogP contribution in [0.5, 0.6) is 34.5 Å². The maximum Gasteiger partial charge on any atom is 0.358 e. The molecule has 0 spiro atoms. The number of allylic oxidation sites excluding steroid dienone is 6. The third-order valence-electron chi connectivity index (χ3n) is 6.58. The van der Waals surface area contributed by atoms with Gasteiger partial charge in [0.2, 0.25) is 0 Å². The van der Waals surface area contributed by atoms with E-state index in [2.05, 4.69) is 0 Å². The summed E-state index contributed by atoms with van der Waals surface area (Å²) in [4.78, 5) is 0. The van der Waals surface area contributed by atoms with Crippen LogP contribution in [-0.2, 0) is 13.9 Å². The highest BCUT2D eigenvalue weighted by Gasteiger charge is 2.46. The lowest BCUT2D eigenvalue weighted by atomic mass is 9.97. The molecule has 206 valence electrons. The van der Waals surface area contributed by atoms with E-state index in [1.807, 2.05) is 36.4 Å². The average molecular weight is 538 g/mol. The van der Waals surface area contributed by atoms with Crippen LogP contribution in [0.3, 0.4) is 0 Å². The summed E-state index contributed by atoms with van der Waals surface area (Å²) in [6, 6.07) is 7.24. The van der Waals surface area contributed by atoms with Crippen LogP contribution in [0, 0.1) is 0 Å². The van der Waals surface area contributed by atoms with Crippen LogP contribution < -0.4 is 28.4 Å². The minimum absolute atomic E-state index is 0.562. The number of ketones is 1. The normalized spacial score (nSPS) is 15.5. The largest absolute Gasteiger partial charge is 0.496 e. The van der Waals surface area contributed by atoms with Crippen molar-refractivity contribution < 1.29 is 42.3 Å². The molecule has 2 aromatic rings. The molecule has 0 heterocycles. The molecule has 4 rings (SSSR count). The Labute approximate surface area is 228 Å². The number of methoxy groups -OCH3 is 8. The van der Waals surface area contributed by atoms with Crippen molar-refractivity contribution in [2.45, 2.75) is 0 Å². The number of hydrogen-bond acceptors (Lipinski definition) is 8. The zero-order valence-corrected chi connectivity index (χ0v) is 23.6. The maximum atomic E-state index is 5.83. The second-order valence-corrected chi connectivity index (χ2v) is 8.35. The fraction of sp³-hybridized carbons (Fsp3) is 0.300. The molecule has 2 aliphatic carbocycles. The number of ether oxygens (including phenoxy) is 8. The summed E-state index contributed by atoms with van der Waals surface area (Å²) >= 11 is 0. The summed E-state index contributed by atoms with van der Waals surface area (Å²) in [6.45, 7) is 0. The van der Waals surface area contributed by atoms with E-state index in [-0.39, 0.29) is 0 Å². The molecule has 9 heteroatoms. The molecule has 9 nitrogen and oxygen atoms in total. The van der Waals surface area contributed by atoms with E-state index in [9.17, 15) is 0 Å². The third-order valence-corrected chi connectivity index (χ3v) is 6.58. The van der Waals surface area contributed by atoms with E-state index in [0.29, 0.717) is 51.8 Å². The molecule has 39 heavy (non-hydrogen) atoms. The van der Waals surface area contributed by atoms with Crippen molar-refractivity contribution >= 4 is 16.9 Å². The first-order valence-corrected chi connectivity index (χ1v) is 12.0. The molecule has 0 aromatic heterocycles. The van der Waals surface area contributed by atoms with Gasteiger partial charge in [-0.3, -0.25) is 4.42 Å². The predicted molar refractivity (Wildman–Crippen MR) is 147 cm³/mol. The van der Waals surface area contributed by atoms with Crippen LogP contribution in [0.1, 0.15) is 11.1 Å². The molecule has 0 N–H and O–H groups in total. The van der Waals surface area contributed by atoms with Crippen LogP contribution in [0.2, 0.25) is 0 Å². The molecule has 0 radical (unpaired) electrons. The van der Waals surface area contributed by atoms with Crippen molar-refractivity contribution in [1.82, 2.24) is 0 Å². The molecule has 0 bridgehead atoms. The summed E-state index contributed by atoms with van der Waals surface area (Å²) in [5.41, 5.74) is 4.71. The number of hydrogen-bond donors (Lipinski definition) is 0. The Morgan fingerprint density at radius 3 is 1.21 bits per heavy atom. The van der Waals surface area contributed by atoms with Gasteiger partial charge in [0, 0.05) is 47.1 Å². The van der Waals surface area contributed by atoms with Gasteiger partial charge >= 0.3 is 5.78 Å². The molecule has 2 aliphatic rings. The smallest absolute Gasteiger partial charge is 0.358 e. The molecule has 2 aromatic carbocycles. The molecule has 0 aliphatic heterocycles. The zero-order valence-electron chi connectivity index (χ0n) is 23.6. The molecular formula is C30H33O9+. The van der Waals surface area contributed by atoms with Gasteiger partial charge in [-0.15, -0.1) is 0 Å². The van der Waals surface area contributed by atoms with Crippen molar-refractivity contribution in [2.75, 3.05) is 64.0 Å². The number of benzene rings is 2. The SMILES string of the molecule is COC1=CC(=[O+]C)C(=C2C(c3c(OC)cc(OC)cc3OC)=C2c2c(OC)cc(OC)cc2OC)C(OC)=C1. The van der Waals surface area contributed by atoms with E-state index in [1.54, 1.807) is 64.0 Å². The van der Waals surface area contributed by atoms with Crippen LogP contribution in [0.25, 0.3) is 11.1 Å². The van der Waals surface area contributed by atoms with Gasteiger partial charge in [-0.25, -0.2) is 0 Å². The molecule has 0 atom stereocenters. The van der Waals surface area contributed by atoms with Gasteiger partial charge in [0.15, 0.2) is 0 Å². The van der Waals surface area contributed by atoms with Gasteiger partial charge in [-0.05, 0) is 0 Å². The Morgan fingerprint density at radius 1 is 0.462 bits per heavy atom. The van der Waals surface area contributed by atoms with E-state index in [4.69, 9.17) is 42.3 Å². The molecule has 0 fully saturated rings. The monoisotopic (exact) mass is 537 g/mol. The van der Waals surface area contributed by atoms with Crippen molar-refractivity contribution in [3.63, 3.8) is 0 Å². The first-order chi connectivity index (χ1) is 18.9. The fourth-order valence-electron chi connectivity index (χ4n) is 4.69. The second kappa shape index (κ2) is 11.5. The Morgan fingerprint density at radius 2 is 0.897 bits per heavy atom. The topological polar surface area (TPSA) is 85.1 Å². The lowest BCUT2D eigenvalue weighted by Crippen LogP contribution is -2.13. The van der Waals surface area contributed by atoms with Crippen LogP contribution in [0.4, 0.5) is 0 Å². The Balaban J connectivity index is 2.14. The van der Waals surface area contributed by atoms with E-state index in [1.165, 1.54) is 0 Å². The van der Waals surface area contributed by atoms with Gasteiger partial charge in [-0.2, -0.15) is 0 Å². The van der Waals surface area contributed by atoms with Gasteiger partial charge in [0.05, 0.1) is 74.1 Å². The quantitative estimate of drug-likeness (QED) is 0.317. The van der Waals surface area contributed by atoms with E-state index in [0.717, 1.165) is 33.4 Å². The molecule has 0 unspecified atom stereocenters. The summed E-state index contributed by atoms with van der Waals surface area (Å²) in [7, 11) is 14.4. The van der Waals surface area contributed by atoms with Crippen molar-refractivity contribution in [3.8, 4) is 34.5 Å². The summed E-state index contributed by atoms with van der Waals surface area (Å²) in [5, 5.41) is 0. The third kappa shape index (κ3) is 4.76. The van der Waals surface area contributed by atoms with Gasteiger partial charge in [0.25, 0.3) is 7.11 Å². The average Bonchev–Trinajstić information content (AvgIpc) is 3.71. The first kappa shape index (κ1) is 27.5. The van der Waals surface area contributed by atoms with Crippen molar-refractivity contribution in [1.29, 1.82) is 0 Å². The Hall–Kier alpha value is -4.53. The summed E-state index contributed by atoms with van der Waals surface area (Å²) in [6.07, 6.45) is 3.62. The lowest BCUT2D eigenvalue weighted by Gasteiger charge is -2.15. The van der Waals surface area contributed by atoms with Crippen molar-refractivity contribution in [3.05, 3.63) is 70.2 Å². The molecular weight excluding hydrogens is 504 g/mol.